The van der Waals surface area contributed by atoms with Crippen LogP contribution in [0.3, 0.4) is 0 Å². The van der Waals surface area contributed by atoms with Crippen LogP contribution in [0, 0.1) is 11.8 Å². The van der Waals surface area contributed by atoms with Gasteiger partial charge in [-0.2, -0.15) is 0 Å². The summed E-state index contributed by atoms with van der Waals surface area (Å²) >= 11 is 0. The van der Waals surface area contributed by atoms with Gasteiger partial charge in [-0.15, -0.1) is 0 Å². The molecule has 0 aromatic heterocycles. The third kappa shape index (κ3) is 10.3. The molecular weight excluding hydrogens is 420 g/mol. The minimum Gasteiger partial charge on any atom is -0.494 e. The lowest BCUT2D eigenvalue weighted by molar-refractivity contribution is -0.134. The summed E-state index contributed by atoms with van der Waals surface area (Å²) in [4.78, 5) is 47.8. The quantitative estimate of drug-likeness (QED) is 0.199. The minimum absolute atomic E-state index is 0.00722. The summed E-state index contributed by atoms with van der Waals surface area (Å²) in [6.45, 7) is 8.13. The Bertz CT molecular complexity index is 720. The van der Waals surface area contributed by atoms with Crippen molar-refractivity contribution in [3.8, 4) is 11.5 Å². The summed E-state index contributed by atoms with van der Waals surface area (Å²) in [5.74, 6) is 0.546. The molecule has 33 heavy (non-hydrogen) atoms. The highest BCUT2D eigenvalue weighted by Crippen LogP contribution is 2.20. The van der Waals surface area contributed by atoms with Crippen LogP contribution in [0.2, 0.25) is 0 Å². The molecule has 0 bridgehead atoms. The first-order valence-electron chi connectivity index (χ1n) is 12.3. The van der Waals surface area contributed by atoms with E-state index in [9.17, 15) is 19.2 Å². The Balaban J connectivity index is 2.33. The summed E-state index contributed by atoms with van der Waals surface area (Å²) < 4.78 is 11.5. The van der Waals surface area contributed by atoms with Gasteiger partial charge in [0.15, 0.2) is 0 Å². The van der Waals surface area contributed by atoms with Crippen LogP contribution >= 0.6 is 0 Å². The number of Topliss-reactive ketones (excluding diaryl/α,β-unsaturated/α-hetero) is 4. The van der Waals surface area contributed by atoms with Crippen molar-refractivity contribution in [2.75, 3.05) is 13.2 Å². The highest BCUT2D eigenvalue weighted by atomic mass is 16.5. The molecular formula is C27H40O6. The zero-order chi connectivity index (χ0) is 24.6. The van der Waals surface area contributed by atoms with Gasteiger partial charge in [-0.05, 0) is 56.4 Å². The summed E-state index contributed by atoms with van der Waals surface area (Å²) in [6.07, 6.45) is 4.86. The number of ether oxygens (including phenoxy) is 2. The summed E-state index contributed by atoms with van der Waals surface area (Å²) in [6, 6.07) is 7.33. The van der Waals surface area contributed by atoms with Crippen molar-refractivity contribution in [2.45, 2.75) is 85.5 Å². The van der Waals surface area contributed by atoms with Gasteiger partial charge in [0.05, 0.1) is 25.0 Å². The molecule has 1 rings (SSSR count). The first-order chi connectivity index (χ1) is 15.9. The Kier molecular flexibility index (Phi) is 14.0. The van der Waals surface area contributed by atoms with Crippen LogP contribution in [-0.4, -0.2) is 36.3 Å². The second-order valence-corrected chi connectivity index (χ2v) is 8.19. The molecule has 0 radical (unpaired) electrons. The Morgan fingerprint density at radius 2 is 0.909 bits per heavy atom. The molecule has 0 spiro atoms. The number of unbranched alkanes of at least 4 members (excludes halogenated alkanes) is 1. The van der Waals surface area contributed by atoms with E-state index >= 15 is 0 Å². The predicted octanol–water partition coefficient (Wildman–Crippen LogP) is 5.54. The van der Waals surface area contributed by atoms with Crippen molar-refractivity contribution in [1.29, 1.82) is 0 Å². The van der Waals surface area contributed by atoms with Crippen LogP contribution in [0.4, 0.5) is 0 Å². The van der Waals surface area contributed by atoms with Crippen LogP contribution in [0.15, 0.2) is 24.3 Å². The minimum atomic E-state index is -0.505. The standard InChI is InChI=1S/C27H40O6/c1-5-24(28)22(25(29)6-2)12-9-10-18-32-20-14-16-21(17-15-20)33-19-11-13-23(26(30)7-3)27(31)8-4/h14-17,22-23H,5-13,18-19H2,1-4H3. The van der Waals surface area contributed by atoms with Crippen LogP contribution in [-0.2, 0) is 19.2 Å². The van der Waals surface area contributed by atoms with E-state index in [1.54, 1.807) is 27.7 Å². The molecule has 0 saturated heterocycles. The van der Waals surface area contributed by atoms with Gasteiger partial charge in [-0.1, -0.05) is 27.7 Å². The van der Waals surface area contributed by atoms with Gasteiger partial charge in [0.25, 0.3) is 0 Å². The average Bonchev–Trinajstić information content (AvgIpc) is 2.85. The summed E-state index contributed by atoms with van der Waals surface area (Å²) in [5, 5.41) is 0. The molecule has 184 valence electrons. The second-order valence-electron chi connectivity index (χ2n) is 8.19. The Labute approximate surface area is 198 Å². The fourth-order valence-electron chi connectivity index (χ4n) is 3.74. The first-order valence-corrected chi connectivity index (χ1v) is 12.3. The first kappa shape index (κ1) is 28.5. The number of rotatable bonds is 19. The fraction of sp³-hybridized carbons (Fsp3) is 0.630. The van der Waals surface area contributed by atoms with E-state index in [2.05, 4.69) is 0 Å². The van der Waals surface area contributed by atoms with E-state index in [0.29, 0.717) is 63.9 Å². The zero-order valence-electron chi connectivity index (χ0n) is 20.7. The third-order valence-corrected chi connectivity index (χ3v) is 5.83. The maximum atomic E-state index is 12.0. The van der Waals surface area contributed by atoms with Crippen LogP contribution in [0.25, 0.3) is 0 Å². The number of carbonyl (C=O) groups excluding carboxylic acids is 4. The van der Waals surface area contributed by atoms with E-state index in [4.69, 9.17) is 9.47 Å². The second kappa shape index (κ2) is 16.2. The molecule has 0 aliphatic carbocycles. The van der Waals surface area contributed by atoms with Crippen molar-refractivity contribution in [3.05, 3.63) is 24.3 Å². The molecule has 6 nitrogen and oxygen atoms in total. The van der Waals surface area contributed by atoms with Gasteiger partial charge in [0.1, 0.15) is 34.6 Å². The van der Waals surface area contributed by atoms with E-state index in [-0.39, 0.29) is 23.1 Å². The van der Waals surface area contributed by atoms with E-state index in [1.807, 2.05) is 24.3 Å². The number of ketones is 4. The monoisotopic (exact) mass is 460 g/mol. The Morgan fingerprint density at radius 1 is 0.576 bits per heavy atom. The third-order valence-electron chi connectivity index (χ3n) is 5.83. The average molecular weight is 461 g/mol. The van der Waals surface area contributed by atoms with Crippen LogP contribution in [0.5, 0.6) is 11.5 Å². The molecule has 1 aromatic rings. The predicted molar refractivity (Wildman–Crippen MR) is 129 cm³/mol. The zero-order valence-corrected chi connectivity index (χ0v) is 20.7. The highest BCUT2D eigenvalue weighted by Gasteiger charge is 2.23. The fourth-order valence-corrected chi connectivity index (χ4v) is 3.74. The molecule has 0 N–H and O–H groups in total. The SMILES string of the molecule is CCC(=O)C(CCCCOc1ccc(OCCCC(C(=O)CC)C(=O)CC)cc1)C(=O)CC. The van der Waals surface area contributed by atoms with E-state index in [1.165, 1.54) is 0 Å². The molecule has 0 fully saturated rings. The lowest BCUT2D eigenvalue weighted by atomic mass is 9.90. The maximum Gasteiger partial charge on any atom is 0.143 e. The largest absolute Gasteiger partial charge is 0.494 e. The van der Waals surface area contributed by atoms with E-state index in [0.717, 1.165) is 18.6 Å². The van der Waals surface area contributed by atoms with Crippen molar-refractivity contribution in [2.24, 2.45) is 11.8 Å². The van der Waals surface area contributed by atoms with Crippen LogP contribution in [0.1, 0.15) is 85.5 Å². The topological polar surface area (TPSA) is 86.7 Å². The molecule has 0 amide bonds. The molecule has 0 unspecified atom stereocenters. The van der Waals surface area contributed by atoms with Gasteiger partial charge in [-0.25, -0.2) is 0 Å². The lowest BCUT2D eigenvalue weighted by Gasteiger charge is -2.14. The smallest absolute Gasteiger partial charge is 0.143 e. The number of hydrogen-bond donors (Lipinski definition) is 0. The van der Waals surface area contributed by atoms with Gasteiger partial charge in [-0.3, -0.25) is 19.2 Å². The van der Waals surface area contributed by atoms with Gasteiger partial charge < -0.3 is 9.47 Å². The van der Waals surface area contributed by atoms with Crippen molar-refractivity contribution in [3.63, 3.8) is 0 Å². The summed E-state index contributed by atoms with van der Waals surface area (Å²) in [5.41, 5.74) is 0. The molecule has 0 heterocycles. The van der Waals surface area contributed by atoms with Crippen molar-refractivity contribution >= 4 is 23.1 Å². The Hall–Kier alpha value is -2.50. The number of benzene rings is 1. The maximum absolute atomic E-state index is 12.0. The molecule has 0 saturated carbocycles. The molecule has 0 atom stereocenters. The molecule has 6 heteroatoms. The van der Waals surface area contributed by atoms with Gasteiger partial charge in [0, 0.05) is 25.7 Å². The van der Waals surface area contributed by atoms with Crippen molar-refractivity contribution in [1.82, 2.24) is 0 Å². The molecule has 0 aliphatic rings. The molecule has 0 aliphatic heterocycles. The Morgan fingerprint density at radius 3 is 1.27 bits per heavy atom. The highest BCUT2D eigenvalue weighted by molar-refractivity contribution is 6.02. The normalized spacial score (nSPS) is 11.0. The number of hydrogen-bond acceptors (Lipinski definition) is 6. The van der Waals surface area contributed by atoms with Crippen LogP contribution < -0.4 is 9.47 Å². The van der Waals surface area contributed by atoms with E-state index < -0.39 is 11.8 Å². The lowest BCUT2D eigenvalue weighted by Crippen LogP contribution is -2.23. The van der Waals surface area contributed by atoms with Gasteiger partial charge >= 0.3 is 0 Å². The van der Waals surface area contributed by atoms with Crippen molar-refractivity contribution < 1.29 is 28.7 Å². The summed E-state index contributed by atoms with van der Waals surface area (Å²) in [7, 11) is 0. The number of carbonyl (C=O) groups is 4. The van der Waals surface area contributed by atoms with Gasteiger partial charge in [0.2, 0.25) is 0 Å². The molecule has 1 aromatic carbocycles.